The summed E-state index contributed by atoms with van der Waals surface area (Å²) >= 11 is 0. The molecule has 0 amide bonds. The molecular formula is C11H16N2O4S. The minimum Gasteiger partial charge on any atom is -0.468 e. The van der Waals surface area contributed by atoms with E-state index in [1.165, 1.54) is 13.0 Å². The average molecular weight is 272 g/mol. The fourth-order valence-corrected chi connectivity index (χ4v) is 2.23. The average Bonchev–Trinajstić information content (AvgIpc) is 2.31. The van der Waals surface area contributed by atoms with Crippen LogP contribution >= 0.6 is 0 Å². The summed E-state index contributed by atoms with van der Waals surface area (Å²) in [6, 6.07) is 4.76. The molecule has 1 unspecified atom stereocenters. The molecular weight excluding hydrogens is 256 g/mol. The van der Waals surface area contributed by atoms with E-state index in [0.29, 0.717) is 11.4 Å². The maximum atomic E-state index is 11.8. The van der Waals surface area contributed by atoms with Crippen molar-refractivity contribution in [3.8, 4) is 0 Å². The van der Waals surface area contributed by atoms with Crippen molar-refractivity contribution < 1.29 is 17.9 Å². The third-order valence-corrected chi connectivity index (χ3v) is 4.18. The molecule has 18 heavy (non-hydrogen) atoms. The number of methoxy groups -OCH3 is 1. The molecule has 0 saturated carbocycles. The van der Waals surface area contributed by atoms with E-state index in [2.05, 4.69) is 9.46 Å². The predicted molar refractivity (Wildman–Crippen MR) is 69.6 cm³/mol. The summed E-state index contributed by atoms with van der Waals surface area (Å²) in [5.74, 6) is -0.817. The summed E-state index contributed by atoms with van der Waals surface area (Å²) in [6.07, 6.45) is 0. The lowest BCUT2D eigenvalue weighted by molar-refractivity contribution is -0.139. The van der Waals surface area contributed by atoms with Gasteiger partial charge < -0.3 is 10.5 Å². The van der Waals surface area contributed by atoms with Crippen LogP contribution in [0.4, 0.5) is 11.4 Å². The van der Waals surface area contributed by atoms with Crippen LogP contribution in [-0.4, -0.2) is 26.7 Å². The van der Waals surface area contributed by atoms with Crippen molar-refractivity contribution in [2.75, 3.05) is 17.6 Å². The van der Waals surface area contributed by atoms with Crippen LogP contribution in [0.3, 0.4) is 0 Å². The number of hydrogen-bond acceptors (Lipinski definition) is 5. The fourth-order valence-electron chi connectivity index (χ4n) is 1.25. The van der Waals surface area contributed by atoms with Gasteiger partial charge in [0.15, 0.2) is 5.25 Å². The van der Waals surface area contributed by atoms with Gasteiger partial charge in [-0.15, -0.1) is 0 Å². The Labute approximate surface area is 106 Å². The van der Waals surface area contributed by atoms with E-state index >= 15 is 0 Å². The van der Waals surface area contributed by atoms with Crippen LogP contribution < -0.4 is 10.5 Å². The summed E-state index contributed by atoms with van der Waals surface area (Å²) in [6.45, 7) is 3.07. The van der Waals surface area contributed by atoms with Crippen LogP contribution in [0.2, 0.25) is 0 Å². The molecule has 7 heteroatoms. The van der Waals surface area contributed by atoms with E-state index in [0.717, 1.165) is 12.7 Å². The lowest BCUT2D eigenvalue weighted by Gasteiger charge is -2.13. The Morgan fingerprint density at radius 3 is 2.56 bits per heavy atom. The fraction of sp³-hybridized carbons (Fsp3) is 0.364. The minimum absolute atomic E-state index is 0.314. The molecule has 1 atom stereocenters. The molecule has 0 aliphatic carbocycles. The second-order valence-corrected chi connectivity index (χ2v) is 5.89. The number of hydrogen-bond donors (Lipinski definition) is 2. The van der Waals surface area contributed by atoms with Gasteiger partial charge in [-0.2, -0.15) is 0 Å². The number of carbonyl (C=O) groups excluding carboxylic acids is 1. The van der Waals surface area contributed by atoms with Crippen LogP contribution in [0.25, 0.3) is 0 Å². The summed E-state index contributed by atoms with van der Waals surface area (Å²) in [5.41, 5.74) is 7.31. The molecule has 100 valence electrons. The van der Waals surface area contributed by atoms with E-state index in [1.807, 2.05) is 6.92 Å². The zero-order valence-corrected chi connectivity index (χ0v) is 11.2. The molecule has 0 aliphatic rings. The highest BCUT2D eigenvalue weighted by Crippen LogP contribution is 2.19. The molecule has 0 fully saturated rings. The maximum absolute atomic E-state index is 11.8. The molecule has 1 aromatic rings. The molecule has 0 aliphatic heterocycles. The highest BCUT2D eigenvalue weighted by atomic mass is 32.2. The van der Waals surface area contributed by atoms with Gasteiger partial charge in [0, 0.05) is 5.69 Å². The Morgan fingerprint density at radius 1 is 1.44 bits per heavy atom. The number of anilines is 2. The molecule has 0 heterocycles. The predicted octanol–water partition coefficient (Wildman–Crippen LogP) is 0.880. The largest absolute Gasteiger partial charge is 0.468 e. The summed E-state index contributed by atoms with van der Waals surface area (Å²) in [5, 5.41) is -1.29. The molecule has 0 spiro atoms. The number of carbonyl (C=O) groups is 1. The van der Waals surface area contributed by atoms with Crippen molar-refractivity contribution in [2.45, 2.75) is 19.1 Å². The second-order valence-electron chi connectivity index (χ2n) is 3.88. The van der Waals surface area contributed by atoms with Crippen LogP contribution in [0.1, 0.15) is 12.5 Å². The molecule has 0 bridgehead atoms. The minimum atomic E-state index is -3.83. The molecule has 1 rings (SSSR count). The lowest BCUT2D eigenvalue weighted by atomic mass is 10.2. The number of nitrogens with two attached hydrogens (primary N) is 1. The summed E-state index contributed by atoms with van der Waals surface area (Å²) < 4.78 is 30.4. The topological polar surface area (TPSA) is 98.5 Å². The van der Waals surface area contributed by atoms with Crippen molar-refractivity contribution in [1.29, 1.82) is 0 Å². The van der Waals surface area contributed by atoms with Crippen LogP contribution in [0.15, 0.2) is 18.2 Å². The summed E-state index contributed by atoms with van der Waals surface area (Å²) in [4.78, 5) is 11.2. The van der Waals surface area contributed by atoms with Gasteiger partial charge in [-0.05, 0) is 31.5 Å². The lowest BCUT2D eigenvalue weighted by Crippen LogP contribution is -2.33. The summed E-state index contributed by atoms with van der Waals surface area (Å²) in [7, 11) is -2.70. The van der Waals surface area contributed by atoms with Gasteiger partial charge in [-0.1, -0.05) is 6.07 Å². The zero-order valence-electron chi connectivity index (χ0n) is 10.4. The van der Waals surface area contributed by atoms with E-state index < -0.39 is 21.2 Å². The number of benzene rings is 1. The highest BCUT2D eigenvalue weighted by Gasteiger charge is 2.28. The number of nitrogen functional groups attached to an aromatic ring is 1. The van der Waals surface area contributed by atoms with Gasteiger partial charge in [-0.25, -0.2) is 8.42 Å². The first-order valence-electron chi connectivity index (χ1n) is 5.23. The maximum Gasteiger partial charge on any atom is 0.325 e. The van der Waals surface area contributed by atoms with Gasteiger partial charge in [0.25, 0.3) is 0 Å². The van der Waals surface area contributed by atoms with Crippen LogP contribution in [-0.2, 0) is 19.6 Å². The number of rotatable bonds is 4. The van der Waals surface area contributed by atoms with Gasteiger partial charge >= 0.3 is 5.97 Å². The van der Waals surface area contributed by atoms with Crippen LogP contribution in [0.5, 0.6) is 0 Å². The van der Waals surface area contributed by atoms with E-state index in [4.69, 9.17) is 5.73 Å². The Hall–Kier alpha value is -1.76. The molecule has 3 N–H and O–H groups in total. The third-order valence-electron chi connectivity index (χ3n) is 2.54. The molecule has 0 aromatic heterocycles. The van der Waals surface area contributed by atoms with Crippen molar-refractivity contribution in [3.63, 3.8) is 0 Å². The zero-order chi connectivity index (χ0) is 13.9. The normalized spacial score (nSPS) is 12.8. The van der Waals surface area contributed by atoms with Crippen LogP contribution in [0, 0.1) is 6.92 Å². The SMILES string of the molecule is COC(=O)C(C)S(=O)(=O)Nc1ccc(C)c(N)c1. The van der Waals surface area contributed by atoms with E-state index in [1.54, 1.807) is 12.1 Å². The third kappa shape index (κ3) is 3.13. The molecule has 1 aromatic carbocycles. The van der Waals surface area contributed by atoms with Gasteiger partial charge in [0.2, 0.25) is 10.0 Å². The Bertz CT molecular complexity index is 554. The Morgan fingerprint density at radius 2 is 2.06 bits per heavy atom. The number of ether oxygens (including phenoxy) is 1. The quantitative estimate of drug-likeness (QED) is 0.626. The van der Waals surface area contributed by atoms with E-state index in [9.17, 15) is 13.2 Å². The smallest absolute Gasteiger partial charge is 0.325 e. The first kappa shape index (κ1) is 14.3. The number of esters is 1. The van der Waals surface area contributed by atoms with Crippen molar-refractivity contribution in [1.82, 2.24) is 0 Å². The number of sulfonamides is 1. The monoisotopic (exact) mass is 272 g/mol. The van der Waals surface area contributed by atoms with Crippen molar-refractivity contribution in [3.05, 3.63) is 23.8 Å². The Balaban J connectivity index is 2.95. The standard InChI is InChI=1S/C11H16N2O4S/c1-7-4-5-9(6-10(7)12)13-18(15,16)8(2)11(14)17-3/h4-6,8,13H,12H2,1-3H3. The first-order valence-corrected chi connectivity index (χ1v) is 6.78. The van der Waals surface area contributed by atoms with Gasteiger partial charge in [0.05, 0.1) is 12.8 Å². The highest BCUT2D eigenvalue weighted by molar-refractivity contribution is 7.94. The number of aryl methyl sites for hydroxylation is 1. The van der Waals surface area contributed by atoms with Gasteiger partial charge in [0.1, 0.15) is 0 Å². The van der Waals surface area contributed by atoms with Crippen molar-refractivity contribution in [2.24, 2.45) is 0 Å². The molecule has 6 nitrogen and oxygen atoms in total. The molecule has 0 radical (unpaired) electrons. The molecule has 0 saturated heterocycles. The van der Waals surface area contributed by atoms with Gasteiger partial charge in [-0.3, -0.25) is 9.52 Å². The first-order chi connectivity index (χ1) is 8.27. The van der Waals surface area contributed by atoms with Crippen molar-refractivity contribution >= 4 is 27.4 Å². The van der Waals surface area contributed by atoms with E-state index in [-0.39, 0.29) is 0 Å². The second kappa shape index (κ2) is 5.26. The Kier molecular flexibility index (Phi) is 4.18. The number of nitrogens with one attached hydrogen (secondary N) is 1.